The Labute approximate surface area is 157 Å². The molecule has 1 aromatic rings. The zero-order valence-corrected chi connectivity index (χ0v) is 15.9. The Morgan fingerprint density at radius 3 is 2.65 bits per heavy atom. The molecule has 5 heteroatoms. The third-order valence-electron chi connectivity index (χ3n) is 5.44. The maximum Gasteiger partial charge on any atom is 0.191 e. The zero-order valence-electron chi connectivity index (χ0n) is 15.9. The van der Waals surface area contributed by atoms with Crippen molar-refractivity contribution in [3.63, 3.8) is 0 Å². The van der Waals surface area contributed by atoms with E-state index in [0.717, 1.165) is 64.2 Å². The van der Waals surface area contributed by atoms with Crippen LogP contribution in [0.25, 0.3) is 0 Å². The van der Waals surface area contributed by atoms with Crippen LogP contribution >= 0.6 is 0 Å². The molecule has 1 heterocycles. The Morgan fingerprint density at radius 2 is 1.92 bits per heavy atom. The summed E-state index contributed by atoms with van der Waals surface area (Å²) >= 11 is 0. The van der Waals surface area contributed by atoms with Crippen LogP contribution in [0, 0.1) is 5.92 Å². The van der Waals surface area contributed by atoms with Gasteiger partial charge in [-0.05, 0) is 51.0 Å². The molecular weight excluding hydrogens is 326 g/mol. The number of rotatable bonds is 5. The summed E-state index contributed by atoms with van der Waals surface area (Å²) in [5.74, 6) is 1.31. The first-order chi connectivity index (χ1) is 12.8. The SMILES string of the molecule is CCNC(=NCC1CCCOC1c1ccccc1)NC1CCC(O)CC1. The molecule has 2 aliphatic rings. The van der Waals surface area contributed by atoms with Gasteiger partial charge in [-0.15, -0.1) is 0 Å². The van der Waals surface area contributed by atoms with Gasteiger partial charge in [-0.1, -0.05) is 30.3 Å². The second-order valence-electron chi connectivity index (χ2n) is 7.47. The predicted octanol–water partition coefficient (Wildman–Crippen LogP) is 3.01. The van der Waals surface area contributed by atoms with Crippen LogP contribution in [0.3, 0.4) is 0 Å². The first-order valence-electron chi connectivity index (χ1n) is 10.2. The quantitative estimate of drug-likeness (QED) is 0.558. The van der Waals surface area contributed by atoms with Crippen LogP contribution in [0.5, 0.6) is 0 Å². The first-order valence-corrected chi connectivity index (χ1v) is 10.2. The summed E-state index contributed by atoms with van der Waals surface area (Å²) in [5, 5.41) is 16.6. The monoisotopic (exact) mass is 359 g/mol. The molecule has 1 saturated carbocycles. The van der Waals surface area contributed by atoms with E-state index in [9.17, 15) is 5.11 Å². The van der Waals surface area contributed by atoms with Crippen molar-refractivity contribution in [2.75, 3.05) is 19.7 Å². The van der Waals surface area contributed by atoms with Crippen molar-refractivity contribution >= 4 is 5.96 Å². The molecule has 0 aromatic heterocycles. The number of hydrogen-bond donors (Lipinski definition) is 3. The third kappa shape index (κ3) is 5.45. The maximum atomic E-state index is 9.69. The van der Waals surface area contributed by atoms with E-state index < -0.39 is 0 Å². The minimum Gasteiger partial charge on any atom is -0.393 e. The van der Waals surface area contributed by atoms with Gasteiger partial charge >= 0.3 is 0 Å². The smallest absolute Gasteiger partial charge is 0.191 e. The van der Waals surface area contributed by atoms with Crippen molar-refractivity contribution in [3.05, 3.63) is 35.9 Å². The van der Waals surface area contributed by atoms with E-state index in [1.807, 2.05) is 6.07 Å². The lowest BCUT2D eigenvalue weighted by Crippen LogP contribution is -2.45. The lowest BCUT2D eigenvalue weighted by Gasteiger charge is -2.32. The Kier molecular flexibility index (Phi) is 7.32. The van der Waals surface area contributed by atoms with Gasteiger partial charge in [-0.2, -0.15) is 0 Å². The van der Waals surface area contributed by atoms with E-state index in [4.69, 9.17) is 9.73 Å². The second kappa shape index (κ2) is 9.93. The standard InChI is InChI=1S/C21H33N3O2/c1-2-22-21(24-18-10-12-19(25)13-11-18)23-15-17-9-6-14-26-20(17)16-7-4-3-5-8-16/h3-5,7-8,17-20,25H,2,6,9-15H2,1H3,(H2,22,23,24). The molecule has 0 bridgehead atoms. The summed E-state index contributed by atoms with van der Waals surface area (Å²) in [6.07, 6.45) is 6.04. The zero-order chi connectivity index (χ0) is 18.2. The number of hydrogen-bond acceptors (Lipinski definition) is 3. The first kappa shape index (κ1) is 19.2. The number of guanidine groups is 1. The topological polar surface area (TPSA) is 65.9 Å². The molecule has 1 aliphatic heterocycles. The van der Waals surface area contributed by atoms with Crippen molar-refractivity contribution in [3.8, 4) is 0 Å². The minimum absolute atomic E-state index is 0.126. The van der Waals surface area contributed by atoms with Gasteiger partial charge in [0.05, 0.1) is 12.2 Å². The Morgan fingerprint density at radius 1 is 1.15 bits per heavy atom. The molecule has 1 aliphatic carbocycles. The number of benzene rings is 1. The van der Waals surface area contributed by atoms with Gasteiger partial charge in [-0.25, -0.2) is 0 Å². The molecule has 2 unspecified atom stereocenters. The van der Waals surface area contributed by atoms with Crippen molar-refractivity contribution in [1.82, 2.24) is 10.6 Å². The number of aliphatic hydroxyl groups excluding tert-OH is 1. The molecule has 144 valence electrons. The van der Waals surface area contributed by atoms with E-state index in [0.29, 0.717) is 12.0 Å². The molecule has 5 nitrogen and oxygen atoms in total. The van der Waals surface area contributed by atoms with Crippen molar-refractivity contribution < 1.29 is 9.84 Å². The highest BCUT2D eigenvalue weighted by molar-refractivity contribution is 5.80. The largest absolute Gasteiger partial charge is 0.393 e. The summed E-state index contributed by atoms with van der Waals surface area (Å²) in [4.78, 5) is 4.88. The average Bonchev–Trinajstić information content (AvgIpc) is 2.69. The second-order valence-corrected chi connectivity index (χ2v) is 7.47. The molecule has 26 heavy (non-hydrogen) atoms. The van der Waals surface area contributed by atoms with Crippen molar-refractivity contribution in [1.29, 1.82) is 0 Å². The van der Waals surface area contributed by atoms with Gasteiger partial charge in [0.25, 0.3) is 0 Å². The highest BCUT2D eigenvalue weighted by atomic mass is 16.5. The van der Waals surface area contributed by atoms with Crippen LogP contribution in [-0.2, 0) is 4.74 Å². The highest BCUT2D eigenvalue weighted by Crippen LogP contribution is 2.33. The van der Waals surface area contributed by atoms with Crippen LogP contribution in [0.2, 0.25) is 0 Å². The van der Waals surface area contributed by atoms with E-state index in [1.165, 1.54) is 5.56 Å². The summed E-state index contributed by atoms with van der Waals surface area (Å²) < 4.78 is 6.09. The fourth-order valence-electron chi connectivity index (χ4n) is 3.98. The van der Waals surface area contributed by atoms with Crippen LogP contribution in [0.1, 0.15) is 57.1 Å². The summed E-state index contributed by atoms with van der Waals surface area (Å²) in [5.41, 5.74) is 1.26. The Hall–Kier alpha value is -1.59. The van der Waals surface area contributed by atoms with E-state index >= 15 is 0 Å². The van der Waals surface area contributed by atoms with Crippen LogP contribution in [0.4, 0.5) is 0 Å². The predicted molar refractivity (Wildman–Crippen MR) is 105 cm³/mol. The molecule has 0 amide bonds. The molecule has 3 rings (SSSR count). The Bertz CT molecular complexity index is 556. The minimum atomic E-state index is -0.126. The normalized spacial score (nSPS) is 30.0. The summed E-state index contributed by atoms with van der Waals surface area (Å²) in [7, 11) is 0. The summed E-state index contributed by atoms with van der Waals surface area (Å²) in [6, 6.07) is 10.9. The van der Waals surface area contributed by atoms with E-state index in [2.05, 4.69) is 41.8 Å². The number of aliphatic imine (C=N–C) groups is 1. The fraction of sp³-hybridized carbons (Fsp3) is 0.667. The lowest BCUT2D eigenvalue weighted by atomic mass is 9.89. The lowest BCUT2D eigenvalue weighted by molar-refractivity contribution is -0.0250. The van der Waals surface area contributed by atoms with Gasteiger partial charge < -0.3 is 20.5 Å². The fourth-order valence-corrected chi connectivity index (χ4v) is 3.98. The van der Waals surface area contributed by atoms with E-state index in [-0.39, 0.29) is 12.2 Å². The van der Waals surface area contributed by atoms with Crippen LogP contribution < -0.4 is 10.6 Å². The number of aliphatic hydroxyl groups is 1. The van der Waals surface area contributed by atoms with Crippen molar-refractivity contribution in [2.24, 2.45) is 10.9 Å². The molecule has 3 N–H and O–H groups in total. The Balaban J connectivity index is 1.61. The molecule has 2 fully saturated rings. The van der Waals surface area contributed by atoms with Gasteiger partial charge in [0.1, 0.15) is 0 Å². The van der Waals surface area contributed by atoms with Gasteiger partial charge in [0, 0.05) is 31.7 Å². The molecular formula is C21H33N3O2. The summed E-state index contributed by atoms with van der Waals surface area (Å²) in [6.45, 7) is 4.55. The van der Waals surface area contributed by atoms with Crippen LogP contribution in [0.15, 0.2) is 35.3 Å². The molecule has 0 spiro atoms. The third-order valence-corrected chi connectivity index (χ3v) is 5.44. The molecule has 1 saturated heterocycles. The molecule has 2 atom stereocenters. The van der Waals surface area contributed by atoms with E-state index in [1.54, 1.807) is 0 Å². The van der Waals surface area contributed by atoms with Gasteiger partial charge in [-0.3, -0.25) is 4.99 Å². The number of nitrogens with one attached hydrogen (secondary N) is 2. The average molecular weight is 360 g/mol. The maximum absolute atomic E-state index is 9.69. The van der Waals surface area contributed by atoms with Gasteiger partial charge in [0.2, 0.25) is 0 Å². The number of ether oxygens (including phenoxy) is 1. The highest BCUT2D eigenvalue weighted by Gasteiger charge is 2.27. The molecule has 1 aromatic carbocycles. The number of nitrogens with zero attached hydrogens (tertiary/aromatic N) is 1. The molecule has 0 radical (unpaired) electrons. The van der Waals surface area contributed by atoms with Crippen molar-refractivity contribution in [2.45, 2.75) is 63.7 Å². The van der Waals surface area contributed by atoms with Crippen LogP contribution in [-0.4, -0.2) is 42.9 Å². The van der Waals surface area contributed by atoms with Gasteiger partial charge in [0.15, 0.2) is 5.96 Å².